The van der Waals surface area contributed by atoms with E-state index >= 15 is 0 Å². The lowest BCUT2D eigenvalue weighted by Crippen LogP contribution is -2.09. The van der Waals surface area contributed by atoms with Crippen molar-refractivity contribution in [3.63, 3.8) is 0 Å². The maximum Gasteiger partial charge on any atom is 0.309 e. The lowest BCUT2D eigenvalue weighted by molar-refractivity contribution is -0.139. The second kappa shape index (κ2) is 5.45. The molecule has 0 fully saturated rings. The van der Waals surface area contributed by atoms with E-state index in [-0.39, 0.29) is 18.2 Å². The molecule has 0 spiro atoms. The predicted molar refractivity (Wildman–Crippen MR) is 61.3 cm³/mol. The second-order valence-electron chi connectivity index (χ2n) is 3.90. The molecule has 0 unspecified atom stereocenters. The largest absolute Gasteiger partial charge is 0.469 e. The minimum atomic E-state index is -0.284. The summed E-state index contributed by atoms with van der Waals surface area (Å²) in [4.78, 5) is 22.3. The summed E-state index contributed by atoms with van der Waals surface area (Å²) < 4.78 is 4.62. The van der Waals surface area contributed by atoms with Crippen molar-refractivity contribution in [2.75, 3.05) is 7.11 Å². The topological polar surface area (TPSA) is 43.4 Å². The van der Waals surface area contributed by atoms with Crippen LogP contribution in [0.4, 0.5) is 0 Å². The van der Waals surface area contributed by atoms with Crippen LogP contribution in [0.1, 0.15) is 23.6 Å². The molecule has 0 heterocycles. The van der Waals surface area contributed by atoms with Gasteiger partial charge in [-0.15, -0.1) is 0 Å². The molecule has 3 nitrogen and oxygen atoms in total. The molecule has 0 amide bonds. The maximum atomic E-state index is 11.2. The van der Waals surface area contributed by atoms with Crippen molar-refractivity contribution in [1.82, 2.24) is 0 Å². The number of methoxy groups -OCH3 is 1. The van der Waals surface area contributed by atoms with Crippen molar-refractivity contribution in [2.45, 2.75) is 26.7 Å². The van der Waals surface area contributed by atoms with Gasteiger partial charge in [-0.1, -0.05) is 23.8 Å². The zero-order valence-corrected chi connectivity index (χ0v) is 9.87. The minimum absolute atomic E-state index is 0.0942. The van der Waals surface area contributed by atoms with Gasteiger partial charge in [0, 0.05) is 6.42 Å². The summed E-state index contributed by atoms with van der Waals surface area (Å²) in [6.07, 6.45) is 0.591. The first-order valence-corrected chi connectivity index (χ1v) is 5.17. The van der Waals surface area contributed by atoms with Crippen molar-refractivity contribution in [2.24, 2.45) is 0 Å². The van der Waals surface area contributed by atoms with Crippen LogP contribution in [0.25, 0.3) is 0 Å². The number of ether oxygens (including phenoxy) is 1. The number of ketones is 1. The lowest BCUT2D eigenvalue weighted by atomic mass is 9.98. The Balaban J connectivity index is 2.97. The third kappa shape index (κ3) is 3.50. The Morgan fingerprint density at radius 2 is 1.88 bits per heavy atom. The van der Waals surface area contributed by atoms with Gasteiger partial charge in [-0.2, -0.15) is 0 Å². The van der Waals surface area contributed by atoms with Gasteiger partial charge >= 0.3 is 5.97 Å². The third-order valence-corrected chi connectivity index (χ3v) is 2.36. The molecular weight excluding hydrogens is 204 g/mol. The zero-order chi connectivity index (χ0) is 12.1. The number of carbonyl (C=O) groups excluding carboxylic acids is 2. The Hall–Kier alpha value is -1.64. The molecule has 0 bridgehead atoms. The number of hydrogen-bond donors (Lipinski definition) is 0. The number of esters is 1. The number of Topliss-reactive ketones (excluding diaryl/α,β-unsaturated/α-hetero) is 1. The normalized spacial score (nSPS) is 9.94. The molecule has 16 heavy (non-hydrogen) atoms. The summed E-state index contributed by atoms with van der Waals surface area (Å²) in [5, 5.41) is 0. The molecule has 1 aromatic carbocycles. The molecular formula is C13H16O3. The van der Waals surface area contributed by atoms with Gasteiger partial charge in [0.25, 0.3) is 0 Å². The van der Waals surface area contributed by atoms with Crippen LogP contribution in [-0.4, -0.2) is 18.9 Å². The van der Waals surface area contributed by atoms with Crippen LogP contribution >= 0.6 is 0 Å². The van der Waals surface area contributed by atoms with Crippen molar-refractivity contribution in [3.8, 4) is 0 Å². The number of carbonyl (C=O) groups is 2. The van der Waals surface area contributed by atoms with Crippen LogP contribution in [0.3, 0.4) is 0 Å². The number of benzene rings is 1. The van der Waals surface area contributed by atoms with Crippen molar-refractivity contribution in [3.05, 3.63) is 34.9 Å². The Morgan fingerprint density at radius 3 is 2.44 bits per heavy atom. The van der Waals surface area contributed by atoms with Crippen LogP contribution in [-0.2, 0) is 27.2 Å². The monoisotopic (exact) mass is 220 g/mol. The van der Waals surface area contributed by atoms with E-state index in [9.17, 15) is 9.59 Å². The van der Waals surface area contributed by atoms with Gasteiger partial charge in [-0.05, 0) is 25.0 Å². The van der Waals surface area contributed by atoms with Crippen LogP contribution in [0, 0.1) is 6.92 Å². The van der Waals surface area contributed by atoms with E-state index in [2.05, 4.69) is 4.74 Å². The van der Waals surface area contributed by atoms with E-state index in [4.69, 9.17) is 0 Å². The summed E-state index contributed by atoms with van der Waals surface area (Å²) in [7, 11) is 1.36. The van der Waals surface area contributed by atoms with Crippen LogP contribution in [0.15, 0.2) is 18.2 Å². The molecule has 0 aliphatic carbocycles. The minimum Gasteiger partial charge on any atom is -0.469 e. The molecule has 0 saturated heterocycles. The summed E-state index contributed by atoms with van der Waals surface area (Å²) in [5.41, 5.74) is 2.87. The third-order valence-electron chi connectivity index (χ3n) is 2.36. The quantitative estimate of drug-likeness (QED) is 0.727. The summed E-state index contributed by atoms with van der Waals surface area (Å²) >= 11 is 0. The Labute approximate surface area is 95.4 Å². The number of hydrogen-bond acceptors (Lipinski definition) is 3. The molecule has 0 aliphatic rings. The summed E-state index contributed by atoms with van der Waals surface area (Å²) in [5.74, 6) is -0.189. The average Bonchev–Trinajstić information content (AvgIpc) is 2.21. The van der Waals surface area contributed by atoms with Crippen LogP contribution in [0.5, 0.6) is 0 Å². The van der Waals surface area contributed by atoms with Gasteiger partial charge in [0.05, 0.1) is 13.5 Å². The zero-order valence-electron chi connectivity index (χ0n) is 9.87. The molecule has 3 heteroatoms. The lowest BCUT2D eigenvalue weighted by Gasteiger charge is -2.08. The second-order valence-corrected chi connectivity index (χ2v) is 3.90. The maximum absolute atomic E-state index is 11.2. The van der Waals surface area contributed by atoms with E-state index in [1.54, 1.807) is 6.92 Å². The fraction of sp³-hybridized carbons (Fsp3) is 0.385. The highest BCUT2D eigenvalue weighted by molar-refractivity contribution is 5.80. The van der Waals surface area contributed by atoms with Gasteiger partial charge in [0.15, 0.2) is 0 Å². The highest BCUT2D eigenvalue weighted by Gasteiger charge is 2.09. The molecule has 0 radical (unpaired) electrons. The van der Waals surface area contributed by atoms with Gasteiger partial charge in [-0.3, -0.25) is 9.59 Å². The van der Waals surface area contributed by atoms with Crippen LogP contribution in [0.2, 0.25) is 0 Å². The Kier molecular flexibility index (Phi) is 4.23. The van der Waals surface area contributed by atoms with Crippen molar-refractivity contribution < 1.29 is 14.3 Å². The average molecular weight is 220 g/mol. The molecule has 0 aromatic heterocycles. The van der Waals surface area contributed by atoms with Gasteiger partial charge < -0.3 is 4.74 Å². The standard InChI is InChI=1S/C13H16O3/c1-9-4-5-11(8-13(15)16-3)12(6-9)7-10(2)14/h4-6H,7-8H2,1-3H3. The number of aryl methyl sites for hydroxylation is 1. The first kappa shape index (κ1) is 12.4. The molecule has 0 aliphatic heterocycles. The molecule has 0 atom stereocenters. The van der Waals surface area contributed by atoms with Gasteiger partial charge in [0.2, 0.25) is 0 Å². The Bertz CT molecular complexity index is 408. The van der Waals surface area contributed by atoms with Crippen LogP contribution < -0.4 is 0 Å². The number of rotatable bonds is 4. The van der Waals surface area contributed by atoms with Gasteiger partial charge in [-0.25, -0.2) is 0 Å². The molecule has 86 valence electrons. The highest BCUT2D eigenvalue weighted by atomic mass is 16.5. The van der Waals surface area contributed by atoms with E-state index in [0.717, 1.165) is 16.7 Å². The fourth-order valence-electron chi connectivity index (χ4n) is 1.59. The van der Waals surface area contributed by atoms with E-state index in [0.29, 0.717) is 6.42 Å². The first-order chi connectivity index (χ1) is 7.52. The highest BCUT2D eigenvalue weighted by Crippen LogP contribution is 2.14. The smallest absolute Gasteiger partial charge is 0.309 e. The molecule has 0 saturated carbocycles. The molecule has 0 N–H and O–H groups in total. The van der Waals surface area contributed by atoms with Crippen molar-refractivity contribution in [1.29, 1.82) is 0 Å². The van der Waals surface area contributed by atoms with E-state index < -0.39 is 0 Å². The molecule has 1 aromatic rings. The molecule has 1 rings (SSSR count). The summed E-state index contributed by atoms with van der Waals surface area (Å²) in [6.45, 7) is 3.51. The predicted octanol–water partition coefficient (Wildman–Crippen LogP) is 1.84. The van der Waals surface area contributed by atoms with E-state index in [1.807, 2.05) is 25.1 Å². The van der Waals surface area contributed by atoms with Crippen molar-refractivity contribution >= 4 is 11.8 Å². The SMILES string of the molecule is COC(=O)Cc1ccc(C)cc1CC(C)=O. The summed E-state index contributed by atoms with van der Waals surface area (Å²) in [6, 6.07) is 5.76. The van der Waals surface area contributed by atoms with Gasteiger partial charge in [0.1, 0.15) is 5.78 Å². The van der Waals surface area contributed by atoms with E-state index in [1.165, 1.54) is 7.11 Å². The fourth-order valence-corrected chi connectivity index (χ4v) is 1.59. The Morgan fingerprint density at radius 1 is 1.19 bits per heavy atom. The first-order valence-electron chi connectivity index (χ1n) is 5.17.